The van der Waals surface area contributed by atoms with E-state index in [1.165, 1.54) is 0 Å². The number of benzene rings is 1. The molecule has 5 nitrogen and oxygen atoms in total. The van der Waals surface area contributed by atoms with E-state index < -0.39 is 0 Å². The van der Waals surface area contributed by atoms with E-state index in [0.717, 1.165) is 19.6 Å². The molecule has 0 spiro atoms. The van der Waals surface area contributed by atoms with Crippen molar-refractivity contribution in [2.75, 3.05) is 33.4 Å². The van der Waals surface area contributed by atoms with Crippen LogP contribution in [0.5, 0.6) is 11.5 Å². The van der Waals surface area contributed by atoms with E-state index in [1.54, 1.807) is 13.2 Å². The molecular weight excluding hydrogens is 280 g/mol. The van der Waals surface area contributed by atoms with Gasteiger partial charge < -0.3 is 19.7 Å². The predicted molar refractivity (Wildman–Crippen MR) is 86.7 cm³/mol. The molecule has 1 fully saturated rings. The van der Waals surface area contributed by atoms with E-state index in [0.29, 0.717) is 29.6 Å². The maximum atomic E-state index is 12.7. The van der Waals surface area contributed by atoms with Crippen LogP contribution in [-0.2, 0) is 0 Å². The summed E-state index contributed by atoms with van der Waals surface area (Å²) in [5.74, 6) is 1.77. The van der Waals surface area contributed by atoms with E-state index in [9.17, 15) is 4.79 Å². The molecule has 1 aliphatic rings. The van der Waals surface area contributed by atoms with Crippen LogP contribution < -0.4 is 14.8 Å². The van der Waals surface area contributed by atoms with Crippen molar-refractivity contribution in [1.29, 1.82) is 0 Å². The molecule has 0 saturated carbocycles. The third-order valence-corrected chi connectivity index (χ3v) is 3.74. The lowest BCUT2D eigenvalue weighted by atomic mass is 10.1. The average molecular weight is 306 g/mol. The lowest BCUT2D eigenvalue weighted by Crippen LogP contribution is -2.52. The molecule has 2 rings (SSSR count). The zero-order chi connectivity index (χ0) is 16.1. The first-order valence-corrected chi connectivity index (χ1v) is 7.85. The van der Waals surface area contributed by atoms with E-state index in [2.05, 4.69) is 26.1 Å². The van der Waals surface area contributed by atoms with Crippen LogP contribution in [0.2, 0.25) is 0 Å². The van der Waals surface area contributed by atoms with Crippen molar-refractivity contribution in [2.24, 2.45) is 5.92 Å². The first kappa shape index (κ1) is 16.6. The molecule has 1 aromatic carbocycles. The quantitative estimate of drug-likeness (QED) is 0.906. The van der Waals surface area contributed by atoms with Gasteiger partial charge in [-0.25, -0.2) is 0 Å². The van der Waals surface area contributed by atoms with Crippen molar-refractivity contribution in [2.45, 2.75) is 26.8 Å². The topological polar surface area (TPSA) is 50.8 Å². The summed E-state index contributed by atoms with van der Waals surface area (Å²) in [5, 5.41) is 3.29. The summed E-state index contributed by atoms with van der Waals surface area (Å²) in [6, 6.07) is 5.60. The molecule has 0 radical (unpaired) electrons. The standard InChI is InChI=1S/C17H26N2O3/c1-12(2)11-22-15-6-5-14(9-16(15)21-4)17(20)19-8-7-18-10-13(19)3/h5-6,9,12-13,18H,7-8,10-11H2,1-4H3/t13-/m1/s1. The minimum atomic E-state index is 0.0442. The van der Waals surface area contributed by atoms with Crippen LogP contribution >= 0.6 is 0 Å². The molecule has 1 aromatic rings. The van der Waals surface area contributed by atoms with E-state index in [1.807, 2.05) is 17.0 Å². The highest BCUT2D eigenvalue weighted by molar-refractivity contribution is 5.95. The van der Waals surface area contributed by atoms with Gasteiger partial charge >= 0.3 is 0 Å². The molecular formula is C17H26N2O3. The summed E-state index contributed by atoms with van der Waals surface area (Å²) < 4.78 is 11.1. The lowest BCUT2D eigenvalue weighted by Gasteiger charge is -2.34. The Hall–Kier alpha value is -1.75. The minimum Gasteiger partial charge on any atom is -0.493 e. The Morgan fingerprint density at radius 3 is 2.82 bits per heavy atom. The highest BCUT2D eigenvalue weighted by Crippen LogP contribution is 2.29. The Balaban J connectivity index is 2.15. The Kier molecular flexibility index (Phi) is 5.66. The molecule has 5 heteroatoms. The summed E-state index contributed by atoms with van der Waals surface area (Å²) >= 11 is 0. The number of carbonyl (C=O) groups is 1. The monoisotopic (exact) mass is 306 g/mol. The molecule has 1 atom stereocenters. The number of amides is 1. The number of carbonyl (C=O) groups excluding carboxylic acids is 1. The van der Waals surface area contributed by atoms with Crippen LogP contribution in [-0.4, -0.2) is 50.2 Å². The van der Waals surface area contributed by atoms with Gasteiger partial charge in [-0.2, -0.15) is 0 Å². The Morgan fingerprint density at radius 1 is 1.41 bits per heavy atom. The highest BCUT2D eigenvalue weighted by Gasteiger charge is 2.24. The maximum Gasteiger partial charge on any atom is 0.254 e. The average Bonchev–Trinajstić information content (AvgIpc) is 2.52. The molecule has 1 heterocycles. The molecule has 1 N–H and O–H groups in total. The number of hydrogen-bond donors (Lipinski definition) is 1. The number of piperazine rings is 1. The Bertz CT molecular complexity index is 517. The van der Waals surface area contributed by atoms with Gasteiger partial charge in [0.1, 0.15) is 0 Å². The van der Waals surface area contributed by atoms with Crippen LogP contribution in [0.4, 0.5) is 0 Å². The number of hydrogen-bond acceptors (Lipinski definition) is 4. The van der Waals surface area contributed by atoms with Gasteiger partial charge in [-0.3, -0.25) is 4.79 Å². The third-order valence-electron chi connectivity index (χ3n) is 3.74. The molecule has 22 heavy (non-hydrogen) atoms. The Morgan fingerprint density at radius 2 is 2.18 bits per heavy atom. The predicted octanol–water partition coefficient (Wildman–Crippen LogP) is 2.16. The maximum absolute atomic E-state index is 12.7. The minimum absolute atomic E-state index is 0.0442. The fourth-order valence-electron chi connectivity index (χ4n) is 2.48. The summed E-state index contributed by atoms with van der Waals surface area (Å²) in [6.45, 7) is 9.27. The first-order chi connectivity index (χ1) is 10.5. The lowest BCUT2D eigenvalue weighted by molar-refractivity contribution is 0.0655. The first-order valence-electron chi connectivity index (χ1n) is 7.85. The zero-order valence-corrected chi connectivity index (χ0v) is 13.9. The van der Waals surface area contributed by atoms with Crippen molar-refractivity contribution in [3.63, 3.8) is 0 Å². The van der Waals surface area contributed by atoms with Gasteiger partial charge in [-0.1, -0.05) is 13.8 Å². The molecule has 0 bridgehead atoms. The molecule has 1 saturated heterocycles. The normalized spacial score (nSPS) is 18.4. The van der Waals surface area contributed by atoms with Crippen molar-refractivity contribution in [3.05, 3.63) is 23.8 Å². The van der Waals surface area contributed by atoms with Gasteiger partial charge in [0, 0.05) is 31.2 Å². The smallest absolute Gasteiger partial charge is 0.254 e. The van der Waals surface area contributed by atoms with Gasteiger partial charge in [0.2, 0.25) is 0 Å². The van der Waals surface area contributed by atoms with Crippen LogP contribution in [0.25, 0.3) is 0 Å². The van der Waals surface area contributed by atoms with Crippen LogP contribution in [0, 0.1) is 5.92 Å². The van der Waals surface area contributed by atoms with Gasteiger partial charge in [-0.05, 0) is 31.0 Å². The number of nitrogens with zero attached hydrogens (tertiary/aromatic N) is 1. The van der Waals surface area contributed by atoms with Crippen LogP contribution in [0.3, 0.4) is 0 Å². The van der Waals surface area contributed by atoms with Gasteiger partial charge in [0.05, 0.1) is 13.7 Å². The van der Waals surface area contributed by atoms with Gasteiger partial charge in [0.25, 0.3) is 5.91 Å². The van der Waals surface area contributed by atoms with Gasteiger partial charge in [-0.15, -0.1) is 0 Å². The molecule has 0 aliphatic carbocycles. The largest absolute Gasteiger partial charge is 0.493 e. The van der Waals surface area contributed by atoms with Crippen molar-refractivity contribution < 1.29 is 14.3 Å². The van der Waals surface area contributed by atoms with Crippen molar-refractivity contribution in [1.82, 2.24) is 10.2 Å². The third kappa shape index (κ3) is 3.91. The second-order valence-corrected chi connectivity index (χ2v) is 6.12. The number of nitrogens with one attached hydrogen (secondary N) is 1. The highest BCUT2D eigenvalue weighted by atomic mass is 16.5. The van der Waals surface area contributed by atoms with Crippen LogP contribution in [0.1, 0.15) is 31.1 Å². The molecule has 122 valence electrons. The Labute approximate surface area is 132 Å². The molecule has 1 amide bonds. The van der Waals surface area contributed by atoms with Crippen molar-refractivity contribution in [3.8, 4) is 11.5 Å². The second kappa shape index (κ2) is 7.49. The van der Waals surface area contributed by atoms with Crippen molar-refractivity contribution >= 4 is 5.91 Å². The van der Waals surface area contributed by atoms with Crippen LogP contribution in [0.15, 0.2) is 18.2 Å². The van der Waals surface area contributed by atoms with E-state index >= 15 is 0 Å². The number of methoxy groups -OCH3 is 1. The fraction of sp³-hybridized carbons (Fsp3) is 0.588. The zero-order valence-electron chi connectivity index (χ0n) is 13.9. The summed E-state index contributed by atoms with van der Waals surface area (Å²) in [6.07, 6.45) is 0. The molecule has 1 aliphatic heterocycles. The van der Waals surface area contributed by atoms with E-state index in [4.69, 9.17) is 9.47 Å². The molecule has 0 aromatic heterocycles. The summed E-state index contributed by atoms with van der Waals surface area (Å²) in [5.41, 5.74) is 0.641. The summed E-state index contributed by atoms with van der Waals surface area (Å²) in [7, 11) is 1.60. The SMILES string of the molecule is COc1cc(C(=O)N2CCNC[C@H]2C)ccc1OCC(C)C. The second-order valence-electron chi connectivity index (χ2n) is 6.12. The number of rotatable bonds is 5. The number of ether oxygens (including phenoxy) is 2. The molecule has 0 unspecified atom stereocenters. The fourth-order valence-corrected chi connectivity index (χ4v) is 2.48. The van der Waals surface area contributed by atoms with E-state index in [-0.39, 0.29) is 11.9 Å². The summed E-state index contributed by atoms with van der Waals surface area (Å²) in [4.78, 5) is 14.6. The van der Waals surface area contributed by atoms with Gasteiger partial charge in [0.15, 0.2) is 11.5 Å².